The third-order valence-corrected chi connectivity index (χ3v) is 3.40. The first-order valence-corrected chi connectivity index (χ1v) is 6.76. The Hall–Kier alpha value is -2.14. The summed E-state index contributed by atoms with van der Waals surface area (Å²) in [4.78, 5) is 12.0. The van der Waals surface area contributed by atoms with Gasteiger partial charge in [-0.3, -0.25) is 4.79 Å². The zero-order valence-corrected chi connectivity index (χ0v) is 12.4. The Morgan fingerprint density at radius 1 is 1.20 bits per heavy atom. The number of rotatable bonds is 3. The molecule has 0 radical (unpaired) electrons. The molecule has 1 amide bonds. The van der Waals surface area contributed by atoms with Crippen LogP contribution in [-0.2, 0) is 0 Å². The van der Waals surface area contributed by atoms with E-state index in [9.17, 15) is 9.90 Å². The summed E-state index contributed by atoms with van der Waals surface area (Å²) in [5, 5.41) is 13.4. The van der Waals surface area contributed by atoms with Gasteiger partial charge in [-0.05, 0) is 47.1 Å². The van der Waals surface area contributed by atoms with E-state index in [-0.39, 0.29) is 11.7 Å². The summed E-state index contributed by atoms with van der Waals surface area (Å²) < 4.78 is 0.711. The van der Waals surface area contributed by atoms with Crippen LogP contribution in [0.2, 0.25) is 0 Å². The molecule has 5 heteroatoms. The monoisotopic (exact) mass is 332 g/mol. The minimum atomic E-state index is -0.294. The Labute approximate surface area is 125 Å². The number of hydrazone groups is 1. The second-order valence-electron chi connectivity index (χ2n) is 4.17. The van der Waals surface area contributed by atoms with Crippen molar-refractivity contribution in [1.82, 2.24) is 5.43 Å². The van der Waals surface area contributed by atoms with Crippen LogP contribution < -0.4 is 5.43 Å². The molecule has 0 atom stereocenters. The maximum absolute atomic E-state index is 12.0. The van der Waals surface area contributed by atoms with Crippen LogP contribution in [0.3, 0.4) is 0 Å². The number of benzene rings is 2. The van der Waals surface area contributed by atoms with Gasteiger partial charge in [0.2, 0.25) is 0 Å². The number of hydrogen-bond donors (Lipinski definition) is 2. The van der Waals surface area contributed by atoms with Crippen LogP contribution in [0.5, 0.6) is 5.75 Å². The van der Waals surface area contributed by atoms with Crippen molar-refractivity contribution >= 4 is 27.5 Å². The third-order valence-electron chi connectivity index (χ3n) is 2.71. The first-order chi connectivity index (χ1) is 9.58. The van der Waals surface area contributed by atoms with E-state index < -0.39 is 0 Å². The number of carbonyl (C=O) groups excluding carboxylic acids is 1. The lowest BCUT2D eigenvalue weighted by atomic mass is 10.1. The highest BCUT2D eigenvalue weighted by Gasteiger charge is 2.08. The molecule has 0 aromatic heterocycles. The van der Waals surface area contributed by atoms with E-state index in [1.807, 2.05) is 12.1 Å². The van der Waals surface area contributed by atoms with Crippen LogP contribution in [0.15, 0.2) is 58.1 Å². The van der Waals surface area contributed by atoms with Crippen LogP contribution in [0.25, 0.3) is 0 Å². The highest BCUT2D eigenvalue weighted by molar-refractivity contribution is 9.10. The average molecular weight is 333 g/mol. The lowest BCUT2D eigenvalue weighted by molar-refractivity contribution is 0.0954. The molecular formula is C15H13BrN2O2. The number of phenols is 1. The molecule has 0 spiro atoms. The van der Waals surface area contributed by atoms with E-state index in [2.05, 4.69) is 26.5 Å². The maximum atomic E-state index is 12.0. The van der Waals surface area contributed by atoms with Crippen LogP contribution in [-0.4, -0.2) is 16.7 Å². The van der Waals surface area contributed by atoms with Crippen molar-refractivity contribution in [3.8, 4) is 5.75 Å². The van der Waals surface area contributed by atoms with Crippen LogP contribution in [0.4, 0.5) is 0 Å². The fourth-order valence-corrected chi connectivity index (χ4v) is 2.10. The lowest BCUT2D eigenvalue weighted by Crippen LogP contribution is -2.19. The highest BCUT2D eigenvalue weighted by Crippen LogP contribution is 2.15. The molecule has 2 rings (SSSR count). The molecule has 0 saturated carbocycles. The van der Waals surface area contributed by atoms with Crippen molar-refractivity contribution in [2.24, 2.45) is 5.10 Å². The molecule has 0 fully saturated rings. The quantitative estimate of drug-likeness (QED) is 0.669. The van der Waals surface area contributed by atoms with Gasteiger partial charge >= 0.3 is 0 Å². The number of hydrogen-bond acceptors (Lipinski definition) is 3. The molecule has 0 unspecified atom stereocenters. The van der Waals surface area contributed by atoms with Crippen LogP contribution in [0, 0.1) is 0 Å². The van der Waals surface area contributed by atoms with E-state index in [4.69, 9.17) is 0 Å². The van der Waals surface area contributed by atoms with Crippen molar-refractivity contribution in [1.29, 1.82) is 0 Å². The molecule has 2 N–H and O–H groups in total. The van der Waals surface area contributed by atoms with Crippen LogP contribution in [0.1, 0.15) is 22.8 Å². The molecule has 0 heterocycles. The zero-order chi connectivity index (χ0) is 14.5. The fraction of sp³-hybridized carbons (Fsp3) is 0.0667. The largest absolute Gasteiger partial charge is 0.508 e. The van der Waals surface area contributed by atoms with Gasteiger partial charge in [-0.2, -0.15) is 5.10 Å². The molecule has 0 aliphatic carbocycles. The van der Waals surface area contributed by atoms with E-state index in [0.29, 0.717) is 15.7 Å². The van der Waals surface area contributed by atoms with Crippen molar-refractivity contribution < 1.29 is 9.90 Å². The molecule has 20 heavy (non-hydrogen) atoms. The van der Waals surface area contributed by atoms with Crippen molar-refractivity contribution in [3.63, 3.8) is 0 Å². The average Bonchev–Trinajstić information content (AvgIpc) is 2.45. The Morgan fingerprint density at radius 3 is 2.65 bits per heavy atom. The van der Waals surface area contributed by atoms with Gasteiger partial charge in [0.15, 0.2) is 0 Å². The molecule has 102 valence electrons. The molecule has 2 aromatic carbocycles. The second kappa shape index (κ2) is 6.34. The number of nitrogens with one attached hydrogen (secondary N) is 1. The summed E-state index contributed by atoms with van der Waals surface area (Å²) in [7, 11) is 0. The first-order valence-electron chi connectivity index (χ1n) is 5.96. The lowest BCUT2D eigenvalue weighted by Gasteiger charge is -2.04. The predicted octanol–water partition coefficient (Wildman–Crippen LogP) is 3.31. The first kappa shape index (κ1) is 14.3. The van der Waals surface area contributed by atoms with Gasteiger partial charge in [0.05, 0.1) is 11.3 Å². The van der Waals surface area contributed by atoms with Gasteiger partial charge in [0.1, 0.15) is 5.75 Å². The van der Waals surface area contributed by atoms with Gasteiger partial charge in [-0.1, -0.05) is 24.3 Å². The third kappa shape index (κ3) is 3.45. The molecular weight excluding hydrogens is 320 g/mol. The predicted molar refractivity (Wildman–Crippen MR) is 81.9 cm³/mol. The van der Waals surface area contributed by atoms with E-state index in [0.717, 1.165) is 5.56 Å². The summed E-state index contributed by atoms with van der Waals surface area (Å²) in [5.74, 6) is -0.133. The summed E-state index contributed by atoms with van der Waals surface area (Å²) in [6, 6.07) is 13.8. The topological polar surface area (TPSA) is 61.7 Å². The van der Waals surface area contributed by atoms with Crippen molar-refractivity contribution in [3.05, 3.63) is 64.1 Å². The van der Waals surface area contributed by atoms with Crippen molar-refractivity contribution in [2.45, 2.75) is 6.92 Å². The number of carbonyl (C=O) groups is 1. The number of aromatic hydroxyl groups is 1. The Bertz CT molecular complexity index is 668. The molecule has 0 saturated heterocycles. The normalized spacial score (nSPS) is 11.2. The van der Waals surface area contributed by atoms with Gasteiger partial charge in [0.25, 0.3) is 5.91 Å². The molecule has 0 aliphatic rings. The van der Waals surface area contributed by atoms with E-state index in [1.54, 1.807) is 43.3 Å². The molecule has 0 bridgehead atoms. The summed E-state index contributed by atoms with van der Waals surface area (Å²) >= 11 is 3.32. The van der Waals surface area contributed by atoms with E-state index in [1.165, 1.54) is 0 Å². The molecule has 2 aromatic rings. The molecule has 0 aliphatic heterocycles. The smallest absolute Gasteiger partial charge is 0.272 e. The molecule has 4 nitrogen and oxygen atoms in total. The summed E-state index contributed by atoms with van der Waals surface area (Å²) in [6.45, 7) is 1.76. The van der Waals surface area contributed by atoms with Crippen molar-refractivity contribution in [2.75, 3.05) is 0 Å². The Kier molecular flexibility index (Phi) is 4.53. The van der Waals surface area contributed by atoms with Gasteiger partial charge in [-0.25, -0.2) is 5.43 Å². The SMILES string of the molecule is C/C(=N\NC(=O)c1ccccc1Br)c1cccc(O)c1. The zero-order valence-electron chi connectivity index (χ0n) is 10.8. The van der Waals surface area contributed by atoms with E-state index >= 15 is 0 Å². The summed E-state index contributed by atoms with van der Waals surface area (Å²) in [6.07, 6.45) is 0. The van der Waals surface area contributed by atoms with Gasteiger partial charge < -0.3 is 5.11 Å². The Balaban J connectivity index is 2.13. The number of nitrogens with zero attached hydrogens (tertiary/aromatic N) is 1. The highest BCUT2D eigenvalue weighted by atomic mass is 79.9. The van der Waals surface area contributed by atoms with Crippen LogP contribution >= 0.6 is 15.9 Å². The minimum absolute atomic E-state index is 0.161. The number of amides is 1. The Morgan fingerprint density at radius 2 is 1.95 bits per heavy atom. The summed E-state index contributed by atoms with van der Waals surface area (Å²) in [5.41, 5.74) is 4.37. The van der Waals surface area contributed by atoms with Gasteiger partial charge in [0, 0.05) is 10.0 Å². The maximum Gasteiger partial charge on any atom is 0.272 e. The fourth-order valence-electron chi connectivity index (χ4n) is 1.64. The number of halogens is 1. The second-order valence-corrected chi connectivity index (χ2v) is 5.02. The van der Waals surface area contributed by atoms with Gasteiger partial charge in [-0.15, -0.1) is 0 Å². The minimum Gasteiger partial charge on any atom is -0.508 e. The number of phenolic OH excluding ortho intramolecular Hbond substituents is 1. The standard InChI is InChI=1S/C15H13BrN2O2/c1-10(11-5-4-6-12(19)9-11)17-18-15(20)13-7-2-3-8-14(13)16/h2-9,19H,1H3,(H,18,20)/b17-10+.